The molecule has 0 spiro atoms. The molecule has 33 heavy (non-hydrogen) atoms. The topological polar surface area (TPSA) is 0 Å². The third kappa shape index (κ3) is 7.17. The molecule has 0 radical (unpaired) electrons. The molecule has 0 N–H and O–H groups in total. The number of hydrogen-bond acceptors (Lipinski definition) is 0. The molecule has 0 saturated carbocycles. The number of benzene rings is 4. The zero-order valence-corrected chi connectivity index (χ0v) is 22.4. The van der Waals surface area contributed by atoms with Gasteiger partial charge in [0.1, 0.15) is 0 Å². The molecular weight excluding hydrogens is 563 g/mol. The Morgan fingerprint density at radius 1 is 0.576 bits per heavy atom. The van der Waals surface area contributed by atoms with Gasteiger partial charge in [0.25, 0.3) is 0 Å². The average Bonchev–Trinajstić information content (AvgIpc) is 3.24. The van der Waals surface area contributed by atoms with Gasteiger partial charge < -0.3 is 0 Å². The molecule has 1 heteroatoms. The normalized spacial score (nSPS) is 10.7. The molecule has 0 heterocycles. The first-order valence-corrected chi connectivity index (χ1v) is 11.0. The van der Waals surface area contributed by atoms with Gasteiger partial charge in [-0.15, -0.1) is 34.5 Å². The molecule has 0 aliphatic carbocycles. The van der Waals surface area contributed by atoms with Crippen LogP contribution in [0.4, 0.5) is 0 Å². The summed E-state index contributed by atoms with van der Waals surface area (Å²) < 4.78 is 0. The fourth-order valence-corrected chi connectivity index (χ4v) is 3.72. The number of allylic oxidation sites excluding steroid dienone is 2. The molecule has 0 nitrogen and oxygen atoms in total. The van der Waals surface area contributed by atoms with Gasteiger partial charge in [0.15, 0.2) is 0 Å². The Kier molecular flexibility index (Phi) is 9.47. The van der Waals surface area contributed by atoms with Crippen LogP contribution in [0.25, 0.3) is 34.1 Å². The van der Waals surface area contributed by atoms with Crippen molar-refractivity contribution in [3.05, 3.63) is 150 Å². The van der Waals surface area contributed by atoms with E-state index in [9.17, 15) is 0 Å². The van der Waals surface area contributed by atoms with Crippen molar-refractivity contribution < 1.29 is 25.8 Å². The van der Waals surface area contributed by atoms with E-state index in [-0.39, 0.29) is 25.8 Å². The molecule has 0 bridgehead atoms. The summed E-state index contributed by atoms with van der Waals surface area (Å²) in [6, 6.07) is 42.1. The Balaban J connectivity index is 0.000000180. The molecule has 0 aliphatic heterocycles. The Labute approximate surface area is 216 Å². The van der Waals surface area contributed by atoms with Gasteiger partial charge in [-0.3, -0.25) is 0 Å². The minimum Gasteiger partial charge on any atom is -0.165 e. The number of fused-ring (bicyclic) bond motifs is 1. The maximum absolute atomic E-state index is 2.26. The monoisotopic (exact) mass is 591 g/mol. The maximum Gasteiger partial charge on any atom is 0 e. The van der Waals surface area contributed by atoms with E-state index in [0.29, 0.717) is 0 Å². The average molecular weight is 590 g/mol. The van der Waals surface area contributed by atoms with Crippen LogP contribution in [0.1, 0.15) is 16.7 Å². The van der Waals surface area contributed by atoms with Crippen molar-refractivity contribution in [3.63, 3.8) is 0 Å². The third-order valence-corrected chi connectivity index (χ3v) is 5.27. The summed E-state index contributed by atoms with van der Waals surface area (Å²) in [5.74, 6) is 0. The van der Waals surface area contributed by atoms with Crippen molar-refractivity contribution in [1.82, 2.24) is 0 Å². The summed E-state index contributed by atoms with van der Waals surface area (Å²) >= 11 is 0. The molecule has 0 fully saturated rings. The second kappa shape index (κ2) is 12.8. The van der Waals surface area contributed by atoms with Crippen molar-refractivity contribution in [2.75, 3.05) is 0 Å². The fourth-order valence-electron chi connectivity index (χ4n) is 3.72. The summed E-state index contributed by atoms with van der Waals surface area (Å²) in [5, 5.41) is 2.69. The summed E-state index contributed by atoms with van der Waals surface area (Å²) in [6.45, 7) is 2.15. The molecular formula is C32H27Hf-. The smallest absolute Gasteiger partial charge is 0 e. The Hall–Kier alpha value is -3.16. The Bertz CT molecular complexity index is 1250. The summed E-state index contributed by atoms with van der Waals surface area (Å²) in [5.41, 5.74) is 6.39. The van der Waals surface area contributed by atoms with Gasteiger partial charge in [0, 0.05) is 25.8 Å². The van der Waals surface area contributed by atoms with Crippen LogP contribution < -0.4 is 0 Å². The number of hydrogen-bond donors (Lipinski definition) is 0. The first-order valence-electron chi connectivity index (χ1n) is 11.0. The quantitative estimate of drug-likeness (QED) is 0.111. The third-order valence-electron chi connectivity index (χ3n) is 5.27. The van der Waals surface area contributed by atoms with Gasteiger partial charge >= 0.3 is 0 Å². The molecule has 160 valence electrons. The van der Waals surface area contributed by atoms with Crippen molar-refractivity contribution >= 4 is 22.9 Å². The largest absolute Gasteiger partial charge is 0.165 e. The number of rotatable bonds is 4. The molecule has 0 aliphatic rings. The van der Waals surface area contributed by atoms with Crippen LogP contribution in [0.2, 0.25) is 0 Å². The molecule has 5 rings (SSSR count). The van der Waals surface area contributed by atoms with Gasteiger partial charge in [-0.1, -0.05) is 134 Å². The molecule has 0 atom stereocenters. The summed E-state index contributed by atoms with van der Waals surface area (Å²) in [7, 11) is 0. The van der Waals surface area contributed by atoms with Gasteiger partial charge in [-0.05, 0) is 16.7 Å². The number of aryl methyl sites for hydroxylation is 1. The van der Waals surface area contributed by atoms with Gasteiger partial charge in [-0.2, -0.15) is 6.07 Å². The molecule has 5 aromatic carbocycles. The van der Waals surface area contributed by atoms with E-state index in [2.05, 4.69) is 116 Å². The Morgan fingerprint density at radius 3 is 1.64 bits per heavy atom. The van der Waals surface area contributed by atoms with Crippen molar-refractivity contribution in [2.24, 2.45) is 0 Å². The van der Waals surface area contributed by atoms with Crippen LogP contribution in [0.3, 0.4) is 0 Å². The molecule has 0 saturated heterocycles. The fraction of sp³-hybridized carbons (Fsp3) is 0.0312. The molecule has 0 aromatic heterocycles. The van der Waals surface area contributed by atoms with E-state index in [1.54, 1.807) is 0 Å². The van der Waals surface area contributed by atoms with E-state index in [1.165, 1.54) is 38.6 Å². The van der Waals surface area contributed by atoms with Crippen LogP contribution >= 0.6 is 0 Å². The second-order valence-electron chi connectivity index (χ2n) is 7.75. The van der Waals surface area contributed by atoms with E-state index >= 15 is 0 Å². The van der Waals surface area contributed by atoms with Crippen LogP contribution in [0, 0.1) is 6.92 Å². The van der Waals surface area contributed by atoms with Crippen LogP contribution in [0.15, 0.2) is 133 Å². The molecule has 0 amide bonds. The zero-order valence-electron chi connectivity index (χ0n) is 18.9. The minimum absolute atomic E-state index is 0. The van der Waals surface area contributed by atoms with Crippen molar-refractivity contribution in [1.29, 1.82) is 0 Å². The standard InChI is InChI=1S/C16H13.C16H14.Hf/c1-12-10-14-8-5-9-15(16(14)11-12)13-6-3-2-4-7-13;1-3-9-15(10-4-1)13-7-8-14-16-11-5-2-6-12-16;/h2-11H,1H3;1-14H;/q-1;;. The summed E-state index contributed by atoms with van der Waals surface area (Å²) in [4.78, 5) is 0. The van der Waals surface area contributed by atoms with Gasteiger partial charge in [-0.25, -0.2) is 0 Å². The molecule has 0 unspecified atom stereocenters. The maximum atomic E-state index is 2.26. The van der Waals surface area contributed by atoms with Crippen LogP contribution in [-0.4, -0.2) is 0 Å². The van der Waals surface area contributed by atoms with Crippen molar-refractivity contribution in [2.45, 2.75) is 6.92 Å². The van der Waals surface area contributed by atoms with Crippen LogP contribution in [-0.2, 0) is 25.8 Å². The SMILES string of the molecule is C(C=Cc1ccccc1)=Cc1ccccc1.Cc1cc2c(-c3ccccc3)cccc2[cH-]1.[Hf]. The predicted octanol–water partition coefficient (Wildman–Crippen LogP) is 8.94. The van der Waals surface area contributed by atoms with Gasteiger partial charge in [0.2, 0.25) is 0 Å². The second-order valence-corrected chi connectivity index (χ2v) is 7.75. The first kappa shape index (κ1) is 24.5. The van der Waals surface area contributed by atoms with Crippen molar-refractivity contribution in [3.8, 4) is 11.1 Å². The predicted molar refractivity (Wildman–Crippen MR) is 141 cm³/mol. The van der Waals surface area contributed by atoms with E-state index < -0.39 is 0 Å². The minimum atomic E-state index is 0. The van der Waals surface area contributed by atoms with E-state index in [4.69, 9.17) is 0 Å². The first-order chi connectivity index (χ1) is 15.8. The van der Waals surface area contributed by atoms with Crippen LogP contribution in [0.5, 0.6) is 0 Å². The Morgan fingerprint density at radius 2 is 1.09 bits per heavy atom. The van der Waals surface area contributed by atoms with Gasteiger partial charge in [0.05, 0.1) is 0 Å². The zero-order chi connectivity index (χ0) is 22.0. The summed E-state index contributed by atoms with van der Waals surface area (Å²) in [6.07, 6.45) is 8.31. The van der Waals surface area contributed by atoms with E-state index in [0.717, 1.165) is 0 Å². The van der Waals surface area contributed by atoms with E-state index in [1.807, 2.05) is 36.4 Å². The molecule has 5 aromatic rings.